The highest BCUT2D eigenvalue weighted by atomic mass is 16.4. The molecule has 4 heteroatoms. The number of aliphatic carboxylic acids is 1. The quantitative estimate of drug-likeness (QED) is 0.412. The Morgan fingerprint density at radius 3 is 1.91 bits per heavy atom. The second kappa shape index (κ2) is 14.0. The van der Waals surface area contributed by atoms with Gasteiger partial charge >= 0.3 is 5.97 Å². The summed E-state index contributed by atoms with van der Waals surface area (Å²) in [6.07, 6.45) is 15.6. The van der Waals surface area contributed by atoms with E-state index in [-0.39, 0.29) is 18.0 Å². The van der Waals surface area contributed by atoms with Crippen molar-refractivity contribution in [1.82, 2.24) is 0 Å². The van der Waals surface area contributed by atoms with E-state index in [1.165, 1.54) is 24.3 Å². The third-order valence-corrected chi connectivity index (χ3v) is 2.97. The minimum Gasteiger partial charge on any atom is -0.481 e. The summed E-state index contributed by atoms with van der Waals surface area (Å²) in [7, 11) is 0. The lowest BCUT2D eigenvalue weighted by molar-refractivity contribution is -0.137. The van der Waals surface area contributed by atoms with Crippen molar-refractivity contribution < 1.29 is 19.5 Å². The number of allylic oxidation sites excluding steroid dienone is 6. The van der Waals surface area contributed by atoms with Gasteiger partial charge in [-0.25, -0.2) is 0 Å². The first-order chi connectivity index (χ1) is 10.6. The highest BCUT2D eigenvalue weighted by Gasteiger charge is 1.96. The fraction of sp³-hybridized carbons (Fsp3) is 0.500. The number of carboxylic acid groups (broad SMARTS) is 1. The molecule has 0 heterocycles. The van der Waals surface area contributed by atoms with Gasteiger partial charge in [-0.1, -0.05) is 38.3 Å². The lowest BCUT2D eigenvalue weighted by atomic mass is 10.1. The Balaban J connectivity index is 3.65. The Bertz CT molecular complexity index is 430. The third-order valence-electron chi connectivity index (χ3n) is 2.97. The lowest BCUT2D eigenvalue weighted by Crippen LogP contribution is -1.93. The van der Waals surface area contributed by atoms with Crippen molar-refractivity contribution in [2.75, 3.05) is 0 Å². The van der Waals surface area contributed by atoms with Crippen LogP contribution in [0.25, 0.3) is 0 Å². The molecule has 0 aliphatic rings. The summed E-state index contributed by atoms with van der Waals surface area (Å²) < 4.78 is 0. The van der Waals surface area contributed by atoms with E-state index in [1.807, 2.05) is 13.0 Å². The molecule has 22 heavy (non-hydrogen) atoms. The van der Waals surface area contributed by atoms with Crippen LogP contribution in [-0.4, -0.2) is 22.6 Å². The SMILES string of the molecule is CC/C=C\C(=O)/C=C\C(=O)/C=C\CCCCCCCC(=O)O. The van der Waals surface area contributed by atoms with Gasteiger partial charge in [-0.3, -0.25) is 14.4 Å². The first-order valence-corrected chi connectivity index (χ1v) is 7.87. The average molecular weight is 306 g/mol. The molecule has 0 aromatic heterocycles. The summed E-state index contributed by atoms with van der Waals surface area (Å²) >= 11 is 0. The number of rotatable bonds is 13. The van der Waals surface area contributed by atoms with Crippen molar-refractivity contribution >= 4 is 17.5 Å². The summed E-state index contributed by atoms with van der Waals surface area (Å²) in [5.41, 5.74) is 0. The summed E-state index contributed by atoms with van der Waals surface area (Å²) in [6, 6.07) is 0. The van der Waals surface area contributed by atoms with E-state index >= 15 is 0 Å². The smallest absolute Gasteiger partial charge is 0.303 e. The topological polar surface area (TPSA) is 71.4 Å². The standard InChI is InChI=1S/C18H26O4/c1-2-3-11-16(19)14-15-17(20)12-9-7-5-4-6-8-10-13-18(21)22/h3,9,11-12,14-15H,2,4-8,10,13H2,1H3,(H,21,22)/b11-3-,12-9-,15-14-. The summed E-state index contributed by atoms with van der Waals surface area (Å²) in [5.74, 6) is -1.09. The molecule has 1 N–H and O–H groups in total. The molecule has 0 aliphatic carbocycles. The number of ketones is 2. The Morgan fingerprint density at radius 2 is 1.32 bits per heavy atom. The van der Waals surface area contributed by atoms with E-state index in [0.717, 1.165) is 44.9 Å². The van der Waals surface area contributed by atoms with Crippen molar-refractivity contribution in [3.8, 4) is 0 Å². The van der Waals surface area contributed by atoms with Crippen LogP contribution >= 0.6 is 0 Å². The number of unbranched alkanes of at least 4 members (excludes halogenated alkanes) is 5. The van der Waals surface area contributed by atoms with Crippen molar-refractivity contribution in [3.63, 3.8) is 0 Å². The van der Waals surface area contributed by atoms with Gasteiger partial charge in [0, 0.05) is 6.42 Å². The van der Waals surface area contributed by atoms with Crippen LogP contribution in [0.4, 0.5) is 0 Å². The molecule has 0 amide bonds. The molecule has 122 valence electrons. The van der Waals surface area contributed by atoms with Gasteiger partial charge < -0.3 is 5.11 Å². The van der Waals surface area contributed by atoms with E-state index in [9.17, 15) is 14.4 Å². The molecular weight excluding hydrogens is 280 g/mol. The van der Waals surface area contributed by atoms with Crippen molar-refractivity contribution in [2.45, 2.75) is 58.3 Å². The van der Waals surface area contributed by atoms with Crippen LogP contribution in [0.2, 0.25) is 0 Å². The zero-order chi connectivity index (χ0) is 16.6. The van der Waals surface area contributed by atoms with Gasteiger partial charge in [0.2, 0.25) is 0 Å². The molecule has 0 spiro atoms. The fourth-order valence-corrected chi connectivity index (χ4v) is 1.78. The van der Waals surface area contributed by atoms with Crippen molar-refractivity contribution in [3.05, 3.63) is 36.5 Å². The number of hydrogen-bond acceptors (Lipinski definition) is 3. The number of carbonyl (C=O) groups excluding carboxylic acids is 2. The number of carboxylic acids is 1. The Kier molecular flexibility index (Phi) is 12.7. The maximum Gasteiger partial charge on any atom is 0.303 e. The van der Waals surface area contributed by atoms with E-state index in [2.05, 4.69) is 0 Å². The molecule has 4 nitrogen and oxygen atoms in total. The van der Waals surface area contributed by atoms with Gasteiger partial charge in [0.05, 0.1) is 0 Å². The van der Waals surface area contributed by atoms with Crippen molar-refractivity contribution in [1.29, 1.82) is 0 Å². The molecule has 0 fully saturated rings. The molecule has 0 atom stereocenters. The summed E-state index contributed by atoms with van der Waals surface area (Å²) in [6.45, 7) is 1.94. The molecule has 0 aromatic rings. The van der Waals surface area contributed by atoms with Gasteiger partial charge in [-0.2, -0.15) is 0 Å². The Morgan fingerprint density at radius 1 is 0.773 bits per heavy atom. The summed E-state index contributed by atoms with van der Waals surface area (Å²) in [5, 5.41) is 8.49. The fourth-order valence-electron chi connectivity index (χ4n) is 1.78. The predicted molar refractivity (Wildman–Crippen MR) is 87.7 cm³/mol. The zero-order valence-electron chi connectivity index (χ0n) is 13.3. The van der Waals surface area contributed by atoms with Crippen molar-refractivity contribution in [2.24, 2.45) is 0 Å². The molecule has 0 saturated carbocycles. The molecule has 0 bridgehead atoms. The van der Waals surface area contributed by atoms with Gasteiger partial charge in [-0.05, 0) is 50.0 Å². The summed E-state index contributed by atoms with van der Waals surface area (Å²) in [4.78, 5) is 33.0. The molecule has 0 aliphatic heterocycles. The van der Waals surface area contributed by atoms with Crippen LogP contribution in [0.15, 0.2) is 36.5 Å². The second-order valence-electron chi connectivity index (χ2n) is 5.05. The highest BCUT2D eigenvalue weighted by molar-refractivity contribution is 6.07. The molecule has 0 saturated heterocycles. The van der Waals surface area contributed by atoms with Gasteiger partial charge in [0.15, 0.2) is 11.6 Å². The monoisotopic (exact) mass is 306 g/mol. The van der Waals surface area contributed by atoms with Crippen LogP contribution < -0.4 is 0 Å². The largest absolute Gasteiger partial charge is 0.481 e. The van der Waals surface area contributed by atoms with Crippen LogP contribution in [0.3, 0.4) is 0 Å². The minimum atomic E-state index is -0.738. The molecule has 0 radical (unpaired) electrons. The van der Waals surface area contributed by atoms with Crippen LogP contribution in [-0.2, 0) is 14.4 Å². The van der Waals surface area contributed by atoms with Crippen LogP contribution in [0.5, 0.6) is 0 Å². The second-order valence-corrected chi connectivity index (χ2v) is 5.05. The molecule has 0 rings (SSSR count). The van der Waals surface area contributed by atoms with E-state index in [4.69, 9.17) is 5.11 Å². The van der Waals surface area contributed by atoms with Gasteiger partial charge in [0.25, 0.3) is 0 Å². The highest BCUT2D eigenvalue weighted by Crippen LogP contribution is 2.07. The van der Waals surface area contributed by atoms with E-state index in [1.54, 1.807) is 6.08 Å². The number of hydrogen-bond donors (Lipinski definition) is 1. The first-order valence-electron chi connectivity index (χ1n) is 7.87. The van der Waals surface area contributed by atoms with Crippen LogP contribution in [0.1, 0.15) is 58.3 Å². The van der Waals surface area contributed by atoms with E-state index in [0.29, 0.717) is 0 Å². The first kappa shape index (κ1) is 20.0. The average Bonchev–Trinajstić information content (AvgIpc) is 2.48. The Hall–Kier alpha value is -1.97. The van der Waals surface area contributed by atoms with E-state index < -0.39 is 5.97 Å². The normalized spacial score (nSPS) is 11.7. The van der Waals surface area contributed by atoms with Gasteiger partial charge in [-0.15, -0.1) is 0 Å². The predicted octanol–water partition coefficient (Wildman–Crippen LogP) is 4.02. The molecule has 0 unspecified atom stereocenters. The lowest BCUT2D eigenvalue weighted by Gasteiger charge is -1.97. The Labute approximate surface area is 132 Å². The van der Waals surface area contributed by atoms with Gasteiger partial charge in [0.1, 0.15) is 0 Å². The third kappa shape index (κ3) is 14.4. The van der Waals surface area contributed by atoms with Crippen LogP contribution in [0, 0.1) is 0 Å². The molecule has 0 aromatic carbocycles. The minimum absolute atomic E-state index is 0.176. The maximum atomic E-state index is 11.5. The number of carbonyl (C=O) groups is 3. The zero-order valence-corrected chi connectivity index (χ0v) is 13.3. The molecular formula is C18H26O4. The maximum absolute atomic E-state index is 11.5.